The Morgan fingerprint density at radius 1 is 1.25 bits per heavy atom. The zero-order valence-electron chi connectivity index (χ0n) is 10.9. The smallest absolute Gasteiger partial charge is 0.271 e. The van der Waals surface area contributed by atoms with Crippen molar-refractivity contribution in [2.24, 2.45) is 0 Å². The number of nitrogens with one attached hydrogen (secondary N) is 2. The van der Waals surface area contributed by atoms with Crippen LogP contribution in [0.5, 0.6) is 0 Å². The van der Waals surface area contributed by atoms with Gasteiger partial charge < -0.3 is 15.0 Å². The molecule has 0 saturated carbocycles. The van der Waals surface area contributed by atoms with Gasteiger partial charge in [0.05, 0.1) is 24.6 Å². The summed E-state index contributed by atoms with van der Waals surface area (Å²) >= 11 is 0. The fraction of sp³-hybridized carbons (Fsp3) is 0.308. The van der Waals surface area contributed by atoms with Gasteiger partial charge in [-0.25, -0.2) is 0 Å². The highest BCUT2D eigenvalue weighted by Gasteiger charge is 2.14. The third-order valence-corrected chi connectivity index (χ3v) is 3.08. The number of hydrogen-bond donors (Lipinski definition) is 2. The number of ether oxygens (including phenoxy) is 1. The van der Waals surface area contributed by atoms with Gasteiger partial charge in [0.15, 0.2) is 0 Å². The van der Waals surface area contributed by atoms with E-state index < -0.39 is 0 Å². The maximum Gasteiger partial charge on any atom is 0.271 e. The Kier molecular flexibility index (Phi) is 3.60. The molecule has 1 saturated heterocycles. The Hall–Kier alpha value is -2.41. The van der Waals surface area contributed by atoms with Crippen LogP contribution in [-0.4, -0.2) is 41.5 Å². The summed E-state index contributed by atoms with van der Waals surface area (Å²) in [4.78, 5) is 16.1. The lowest BCUT2D eigenvalue weighted by molar-refractivity contribution is 0.123. The van der Waals surface area contributed by atoms with Crippen molar-refractivity contribution in [1.82, 2.24) is 15.2 Å². The molecule has 1 fully saturated rings. The van der Waals surface area contributed by atoms with E-state index in [1.165, 1.54) is 0 Å². The van der Waals surface area contributed by atoms with E-state index in [0.29, 0.717) is 5.95 Å². The number of aromatic amines is 1. The van der Waals surface area contributed by atoms with Crippen LogP contribution in [0.2, 0.25) is 0 Å². The molecule has 0 amide bonds. The normalized spacial score (nSPS) is 15.1. The molecule has 0 bridgehead atoms. The lowest BCUT2D eigenvalue weighted by Crippen LogP contribution is -2.36. The van der Waals surface area contributed by atoms with Crippen LogP contribution in [0.25, 0.3) is 0 Å². The zero-order chi connectivity index (χ0) is 13.8. The third kappa shape index (κ3) is 2.77. The molecule has 1 aromatic carbocycles. The second-order valence-corrected chi connectivity index (χ2v) is 4.42. The molecular formula is C13H15N5O2. The summed E-state index contributed by atoms with van der Waals surface area (Å²) in [7, 11) is 0. The summed E-state index contributed by atoms with van der Waals surface area (Å²) in [5.74, 6) is 0.332. The number of aromatic nitrogens is 3. The van der Waals surface area contributed by atoms with E-state index in [2.05, 4.69) is 25.4 Å². The van der Waals surface area contributed by atoms with Crippen LogP contribution in [0.4, 0.5) is 17.3 Å². The highest BCUT2D eigenvalue weighted by atomic mass is 16.5. The second-order valence-electron chi connectivity index (χ2n) is 4.42. The lowest BCUT2D eigenvalue weighted by Gasteiger charge is -2.30. The molecule has 1 aromatic heterocycles. The first-order valence-corrected chi connectivity index (χ1v) is 6.44. The number of rotatable bonds is 3. The molecular weight excluding hydrogens is 258 g/mol. The molecule has 104 valence electrons. The van der Waals surface area contributed by atoms with Crippen LogP contribution in [-0.2, 0) is 4.74 Å². The molecule has 7 heteroatoms. The van der Waals surface area contributed by atoms with Crippen molar-refractivity contribution < 1.29 is 4.74 Å². The minimum Gasteiger partial charge on any atom is -0.378 e. The average molecular weight is 273 g/mol. The summed E-state index contributed by atoms with van der Waals surface area (Å²) in [5, 5.41) is 10.6. The molecule has 0 atom stereocenters. The molecule has 0 unspecified atom stereocenters. The van der Waals surface area contributed by atoms with Crippen molar-refractivity contribution in [2.75, 3.05) is 36.5 Å². The predicted octanol–water partition coefficient (Wildman–Crippen LogP) is 0.745. The molecule has 2 heterocycles. The largest absolute Gasteiger partial charge is 0.378 e. The number of hydrogen-bond acceptors (Lipinski definition) is 6. The highest BCUT2D eigenvalue weighted by Crippen LogP contribution is 2.27. The summed E-state index contributed by atoms with van der Waals surface area (Å²) in [6, 6.07) is 7.88. The van der Waals surface area contributed by atoms with Gasteiger partial charge in [0.1, 0.15) is 6.20 Å². The molecule has 0 radical (unpaired) electrons. The Bertz CT molecular complexity index is 636. The van der Waals surface area contributed by atoms with Gasteiger partial charge in [-0.2, -0.15) is 0 Å². The van der Waals surface area contributed by atoms with Gasteiger partial charge in [-0.3, -0.25) is 9.78 Å². The summed E-state index contributed by atoms with van der Waals surface area (Å²) in [6.07, 6.45) is 1.14. The standard InChI is InChI=1S/C13H15N5O2/c19-12-9-14-17-13(16-12)15-10-3-1-2-4-11(10)18-5-7-20-8-6-18/h1-4,9H,5-8H2,(H2,15,16,17,19). The van der Waals surface area contributed by atoms with Crippen molar-refractivity contribution in [1.29, 1.82) is 0 Å². The van der Waals surface area contributed by atoms with Gasteiger partial charge in [-0.05, 0) is 12.1 Å². The molecule has 0 spiro atoms. The van der Waals surface area contributed by atoms with E-state index in [9.17, 15) is 4.79 Å². The number of benzene rings is 1. The van der Waals surface area contributed by atoms with Crippen molar-refractivity contribution in [3.8, 4) is 0 Å². The number of para-hydroxylation sites is 2. The number of H-pyrrole nitrogens is 1. The van der Waals surface area contributed by atoms with Gasteiger partial charge in [0.25, 0.3) is 5.56 Å². The van der Waals surface area contributed by atoms with E-state index in [4.69, 9.17) is 4.74 Å². The zero-order valence-corrected chi connectivity index (χ0v) is 10.9. The fourth-order valence-corrected chi connectivity index (χ4v) is 2.16. The highest BCUT2D eigenvalue weighted by molar-refractivity contribution is 5.73. The van der Waals surface area contributed by atoms with Crippen molar-refractivity contribution in [3.05, 3.63) is 40.8 Å². The molecule has 2 N–H and O–H groups in total. The minimum atomic E-state index is -0.286. The van der Waals surface area contributed by atoms with Crippen LogP contribution >= 0.6 is 0 Å². The van der Waals surface area contributed by atoms with Crippen LogP contribution < -0.4 is 15.8 Å². The average Bonchev–Trinajstić information content (AvgIpc) is 2.49. The summed E-state index contributed by atoms with van der Waals surface area (Å²) in [6.45, 7) is 3.12. The predicted molar refractivity (Wildman–Crippen MR) is 75.4 cm³/mol. The first-order valence-electron chi connectivity index (χ1n) is 6.44. The Morgan fingerprint density at radius 3 is 2.85 bits per heavy atom. The summed E-state index contributed by atoms with van der Waals surface area (Å²) < 4.78 is 5.36. The van der Waals surface area contributed by atoms with E-state index >= 15 is 0 Å². The molecule has 0 aliphatic carbocycles. The van der Waals surface area contributed by atoms with Gasteiger partial charge in [0, 0.05) is 13.1 Å². The topological polar surface area (TPSA) is 83.1 Å². The monoisotopic (exact) mass is 273 g/mol. The number of morpholine rings is 1. The molecule has 1 aliphatic rings. The lowest BCUT2D eigenvalue weighted by atomic mass is 10.2. The van der Waals surface area contributed by atoms with E-state index in [1.807, 2.05) is 24.3 Å². The fourth-order valence-electron chi connectivity index (χ4n) is 2.16. The van der Waals surface area contributed by atoms with E-state index in [-0.39, 0.29) is 5.56 Å². The Morgan fingerprint density at radius 2 is 2.05 bits per heavy atom. The minimum absolute atomic E-state index is 0.286. The van der Waals surface area contributed by atoms with Crippen molar-refractivity contribution in [2.45, 2.75) is 0 Å². The molecule has 20 heavy (non-hydrogen) atoms. The van der Waals surface area contributed by atoms with Gasteiger partial charge in [0.2, 0.25) is 5.95 Å². The van der Waals surface area contributed by atoms with Crippen LogP contribution in [0.15, 0.2) is 35.3 Å². The van der Waals surface area contributed by atoms with Gasteiger partial charge in [-0.15, -0.1) is 10.2 Å². The first-order chi connectivity index (χ1) is 9.83. The van der Waals surface area contributed by atoms with E-state index in [0.717, 1.165) is 43.9 Å². The van der Waals surface area contributed by atoms with Gasteiger partial charge in [-0.1, -0.05) is 12.1 Å². The molecule has 7 nitrogen and oxygen atoms in total. The second kappa shape index (κ2) is 5.70. The van der Waals surface area contributed by atoms with Gasteiger partial charge >= 0.3 is 0 Å². The molecule has 1 aliphatic heterocycles. The van der Waals surface area contributed by atoms with Crippen molar-refractivity contribution >= 4 is 17.3 Å². The van der Waals surface area contributed by atoms with Crippen LogP contribution in [0.1, 0.15) is 0 Å². The van der Waals surface area contributed by atoms with Crippen LogP contribution in [0.3, 0.4) is 0 Å². The van der Waals surface area contributed by atoms with Crippen molar-refractivity contribution in [3.63, 3.8) is 0 Å². The SMILES string of the molecule is O=c1cnnc(Nc2ccccc2N2CCOCC2)[nH]1. The van der Waals surface area contributed by atoms with Crippen LogP contribution in [0, 0.1) is 0 Å². The number of anilines is 3. The quantitative estimate of drug-likeness (QED) is 0.858. The number of nitrogens with zero attached hydrogens (tertiary/aromatic N) is 3. The first kappa shape index (κ1) is 12.6. The molecule has 3 rings (SSSR count). The Labute approximate surface area is 115 Å². The summed E-state index contributed by atoms with van der Waals surface area (Å²) in [5.41, 5.74) is 1.65. The third-order valence-electron chi connectivity index (χ3n) is 3.08. The Balaban J connectivity index is 1.87. The maximum atomic E-state index is 11.2. The molecule has 2 aromatic rings. The van der Waals surface area contributed by atoms with E-state index in [1.54, 1.807) is 0 Å². The maximum absolute atomic E-state index is 11.2.